The quantitative estimate of drug-likeness (QED) is 0.889. The zero-order valence-corrected chi connectivity index (χ0v) is 10.3. The van der Waals surface area contributed by atoms with Crippen LogP contribution in [0.4, 0.5) is 0 Å². The molecule has 0 saturated carbocycles. The summed E-state index contributed by atoms with van der Waals surface area (Å²) in [5.41, 5.74) is 0.525. The molecule has 0 aromatic heterocycles. The summed E-state index contributed by atoms with van der Waals surface area (Å²) in [6.45, 7) is 0.490. The first-order valence-electron chi connectivity index (χ1n) is 5.43. The zero-order chi connectivity index (χ0) is 12.4. The second kappa shape index (κ2) is 4.94. The first-order chi connectivity index (χ1) is 8.13. The Balaban J connectivity index is 2.19. The number of hydrogen-bond acceptors (Lipinski definition) is 3. The van der Waals surface area contributed by atoms with Crippen molar-refractivity contribution in [2.45, 2.75) is 19.1 Å². The number of amides is 1. The minimum absolute atomic E-state index is 0.0335. The number of carbonyl (C=O) groups is 1. The fourth-order valence-electron chi connectivity index (χ4n) is 1.86. The predicted molar refractivity (Wildman–Crippen MR) is 64.0 cm³/mol. The molecule has 1 atom stereocenters. The number of aliphatic hydroxyl groups excluding tert-OH is 1. The summed E-state index contributed by atoms with van der Waals surface area (Å²) in [6.07, 6.45) is 0.191. The number of benzene rings is 1. The highest BCUT2D eigenvalue weighted by Gasteiger charge is 2.31. The van der Waals surface area contributed by atoms with E-state index in [0.717, 1.165) is 0 Å². The van der Waals surface area contributed by atoms with Gasteiger partial charge < -0.3 is 14.7 Å². The molecule has 92 valence electrons. The van der Waals surface area contributed by atoms with E-state index < -0.39 is 6.10 Å². The second-order valence-corrected chi connectivity index (χ2v) is 4.44. The molecule has 17 heavy (non-hydrogen) atoms. The minimum Gasteiger partial charge on any atom is -0.480 e. The fourth-order valence-corrected chi connectivity index (χ4v) is 2.08. The van der Waals surface area contributed by atoms with Gasteiger partial charge in [0.2, 0.25) is 0 Å². The van der Waals surface area contributed by atoms with Crippen LogP contribution in [0.2, 0.25) is 5.02 Å². The van der Waals surface area contributed by atoms with E-state index in [4.69, 9.17) is 16.3 Å². The van der Waals surface area contributed by atoms with Crippen molar-refractivity contribution in [2.75, 3.05) is 13.6 Å². The van der Waals surface area contributed by atoms with Gasteiger partial charge in [0.1, 0.15) is 5.75 Å². The largest absolute Gasteiger partial charge is 0.480 e. The SMILES string of the molecule is CN1CCC(Oc2cccc(Cl)c2CO)C1=O. The molecule has 1 amide bonds. The third-order valence-corrected chi connectivity index (χ3v) is 3.24. The molecule has 1 heterocycles. The third-order valence-electron chi connectivity index (χ3n) is 2.88. The highest BCUT2D eigenvalue weighted by molar-refractivity contribution is 6.31. The van der Waals surface area contributed by atoms with Crippen LogP contribution in [0.3, 0.4) is 0 Å². The summed E-state index contributed by atoms with van der Waals surface area (Å²) in [6, 6.07) is 5.13. The highest BCUT2D eigenvalue weighted by Crippen LogP contribution is 2.28. The smallest absolute Gasteiger partial charge is 0.263 e. The molecule has 0 bridgehead atoms. The molecule has 0 spiro atoms. The summed E-state index contributed by atoms with van der Waals surface area (Å²) >= 11 is 5.94. The van der Waals surface area contributed by atoms with Crippen molar-refractivity contribution < 1.29 is 14.6 Å². The van der Waals surface area contributed by atoms with E-state index in [-0.39, 0.29) is 12.5 Å². The first-order valence-corrected chi connectivity index (χ1v) is 5.81. The van der Waals surface area contributed by atoms with Gasteiger partial charge in [0.05, 0.1) is 6.61 Å². The predicted octanol–water partition coefficient (Wildman–Crippen LogP) is 1.44. The Morgan fingerprint density at radius 1 is 1.59 bits per heavy atom. The third kappa shape index (κ3) is 2.37. The van der Waals surface area contributed by atoms with Crippen LogP contribution in [0.5, 0.6) is 5.75 Å². The van der Waals surface area contributed by atoms with E-state index in [2.05, 4.69) is 0 Å². The molecule has 1 unspecified atom stereocenters. The Bertz CT molecular complexity index is 436. The average molecular weight is 256 g/mol. The molecule has 0 radical (unpaired) electrons. The second-order valence-electron chi connectivity index (χ2n) is 4.03. The number of halogens is 1. The van der Waals surface area contributed by atoms with Crippen LogP contribution in [-0.4, -0.2) is 35.6 Å². The van der Waals surface area contributed by atoms with Crippen LogP contribution in [0.25, 0.3) is 0 Å². The van der Waals surface area contributed by atoms with Crippen LogP contribution < -0.4 is 4.74 Å². The van der Waals surface area contributed by atoms with Gasteiger partial charge in [-0.25, -0.2) is 0 Å². The maximum absolute atomic E-state index is 11.7. The van der Waals surface area contributed by atoms with Gasteiger partial charge in [0.15, 0.2) is 6.10 Å². The van der Waals surface area contributed by atoms with Crippen molar-refractivity contribution in [3.05, 3.63) is 28.8 Å². The molecule has 5 heteroatoms. The number of nitrogens with zero attached hydrogens (tertiary/aromatic N) is 1. The van der Waals surface area contributed by atoms with Gasteiger partial charge >= 0.3 is 0 Å². The Morgan fingerprint density at radius 3 is 2.94 bits per heavy atom. The number of aliphatic hydroxyl groups is 1. The van der Waals surface area contributed by atoms with Crippen molar-refractivity contribution >= 4 is 17.5 Å². The molecule has 1 aliphatic heterocycles. The fraction of sp³-hybridized carbons (Fsp3) is 0.417. The van der Waals surface area contributed by atoms with E-state index in [1.54, 1.807) is 30.1 Å². The molecule has 1 fully saturated rings. The van der Waals surface area contributed by atoms with Gasteiger partial charge in [-0.3, -0.25) is 4.79 Å². The van der Waals surface area contributed by atoms with Crippen LogP contribution in [-0.2, 0) is 11.4 Å². The van der Waals surface area contributed by atoms with Crippen molar-refractivity contribution in [1.29, 1.82) is 0 Å². The minimum atomic E-state index is -0.469. The summed E-state index contributed by atoms with van der Waals surface area (Å²) in [4.78, 5) is 13.3. The van der Waals surface area contributed by atoms with E-state index in [0.29, 0.717) is 29.3 Å². The maximum atomic E-state index is 11.7. The van der Waals surface area contributed by atoms with Crippen molar-refractivity contribution in [3.63, 3.8) is 0 Å². The average Bonchev–Trinajstić information content (AvgIpc) is 2.61. The Morgan fingerprint density at radius 2 is 2.35 bits per heavy atom. The topological polar surface area (TPSA) is 49.8 Å². The van der Waals surface area contributed by atoms with Gasteiger partial charge in [-0.05, 0) is 12.1 Å². The van der Waals surface area contributed by atoms with Gasteiger partial charge in [0, 0.05) is 30.6 Å². The van der Waals surface area contributed by atoms with Crippen molar-refractivity contribution in [3.8, 4) is 5.75 Å². The van der Waals surface area contributed by atoms with E-state index in [1.165, 1.54) is 0 Å². The lowest BCUT2D eigenvalue weighted by Gasteiger charge is -2.15. The van der Waals surface area contributed by atoms with E-state index >= 15 is 0 Å². The van der Waals surface area contributed by atoms with Gasteiger partial charge in [-0.2, -0.15) is 0 Å². The standard InChI is InChI=1S/C12H14ClNO3/c1-14-6-5-11(12(14)16)17-10-4-2-3-9(13)8(10)7-15/h2-4,11,15H,5-7H2,1H3. The van der Waals surface area contributed by atoms with E-state index in [1.807, 2.05) is 0 Å². The number of likely N-dealkylation sites (N-methyl/N-ethyl adjacent to an activating group) is 1. The molecule has 4 nitrogen and oxygen atoms in total. The van der Waals surface area contributed by atoms with E-state index in [9.17, 15) is 9.90 Å². The van der Waals surface area contributed by atoms with Crippen LogP contribution in [0.15, 0.2) is 18.2 Å². The molecule has 1 N–H and O–H groups in total. The van der Waals surface area contributed by atoms with Crippen molar-refractivity contribution in [1.82, 2.24) is 4.90 Å². The monoisotopic (exact) mass is 255 g/mol. The molecule has 0 aliphatic carbocycles. The van der Waals surface area contributed by atoms with Crippen LogP contribution in [0, 0.1) is 0 Å². The molecule has 2 rings (SSSR count). The Hall–Kier alpha value is -1.26. The van der Waals surface area contributed by atoms with Gasteiger partial charge in [-0.1, -0.05) is 17.7 Å². The molecular formula is C12H14ClNO3. The zero-order valence-electron chi connectivity index (χ0n) is 9.52. The lowest BCUT2D eigenvalue weighted by Crippen LogP contribution is -2.29. The van der Waals surface area contributed by atoms with Crippen LogP contribution >= 0.6 is 11.6 Å². The van der Waals surface area contributed by atoms with Gasteiger partial charge in [-0.15, -0.1) is 0 Å². The summed E-state index contributed by atoms with van der Waals surface area (Å²) in [5, 5.41) is 9.68. The molecule has 1 aromatic carbocycles. The molecule has 1 aromatic rings. The van der Waals surface area contributed by atoms with Gasteiger partial charge in [0.25, 0.3) is 5.91 Å². The van der Waals surface area contributed by atoms with Crippen molar-refractivity contribution in [2.24, 2.45) is 0 Å². The molecule has 1 aliphatic rings. The summed E-state index contributed by atoms with van der Waals surface area (Å²) < 4.78 is 5.63. The lowest BCUT2D eigenvalue weighted by atomic mass is 10.2. The lowest BCUT2D eigenvalue weighted by molar-refractivity contribution is -0.132. The molecular weight excluding hydrogens is 242 g/mol. The molecule has 1 saturated heterocycles. The number of likely N-dealkylation sites (tertiary alicyclic amines) is 1. The Labute approximate surface area is 105 Å². The summed E-state index contributed by atoms with van der Waals surface area (Å²) in [7, 11) is 1.75. The normalized spacial score (nSPS) is 19.8. The maximum Gasteiger partial charge on any atom is 0.263 e. The first kappa shape index (κ1) is 12.2. The number of ether oxygens (including phenoxy) is 1. The number of rotatable bonds is 3. The van der Waals surface area contributed by atoms with Crippen LogP contribution in [0.1, 0.15) is 12.0 Å². The number of carbonyl (C=O) groups excluding carboxylic acids is 1. The highest BCUT2D eigenvalue weighted by atomic mass is 35.5. The Kier molecular flexibility index (Phi) is 3.54. The summed E-state index contributed by atoms with van der Waals surface area (Å²) in [5.74, 6) is 0.447. The number of hydrogen-bond donors (Lipinski definition) is 1.